The van der Waals surface area contributed by atoms with Gasteiger partial charge in [-0.05, 0) is 36.9 Å². The van der Waals surface area contributed by atoms with Gasteiger partial charge in [0.2, 0.25) is 0 Å². The monoisotopic (exact) mass is 408 g/mol. The molecule has 0 fully saturated rings. The Labute approximate surface area is 164 Å². The molecule has 26 heavy (non-hydrogen) atoms. The first-order chi connectivity index (χ1) is 11.8. The second kappa shape index (κ2) is 11.8. The van der Waals surface area contributed by atoms with Crippen LogP contribution in [0.5, 0.6) is 0 Å². The quantitative estimate of drug-likeness (QED) is 0.197. The van der Waals surface area contributed by atoms with E-state index in [-0.39, 0.29) is 17.1 Å². The number of hydrogen-bond acceptors (Lipinski definition) is 4. The van der Waals surface area contributed by atoms with Gasteiger partial charge >= 0.3 is 0 Å². The van der Waals surface area contributed by atoms with Crippen molar-refractivity contribution in [2.45, 2.75) is 110 Å². The molecule has 2 atom stereocenters. The van der Waals surface area contributed by atoms with Gasteiger partial charge < -0.3 is 4.43 Å². The molecule has 0 rings (SSSR count). The van der Waals surface area contributed by atoms with Crippen molar-refractivity contribution in [3.63, 3.8) is 0 Å². The van der Waals surface area contributed by atoms with Crippen LogP contribution in [0.25, 0.3) is 0 Å². The van der Waals surface area contributed by atoms with Crippen LogP contribution in [-0.2, 0) is 18.7 Å². The Kier molecular flexibility index (Phi) is 11.9. The second-order valence-corrected chi connectivity index (χ2v) is 15.7. The molecule has 6 heteroatoms. The third-order valence-electron chi connectivity index (χ3n) is 5.62. The van der Waals surface area contributed by atoms with Crippen LogP contribution in [0.1, 0.15) is 86.0 Å². The SMILES string of the molecule is CCCCCCCCC(C)C(CCO[Si](C)(C)C(C)(C)C)OS(C)(=O)=O. The molecule has 0 saturated heterocycles. The molecule has 2 unspecified atom stereocenters. The largest absolute Gasteiger partial charge is 0.417 e. The van der Waals surface area contributed by atoms with Gasteiger partial charge in [-0.25, -0.2) is 0 Å². The summed E-state index contributed by atoms with van der Waals surface area (Å²) in [5.41, 5.74) is 0. The average molecular weight is 409 g/mol. The van der Waals surface area contributed by atoms with Crippen LogP contribution in [0, 0.1) is 5.92 Å². The highest BCUT2D eigenvalue weighted by Crippen LogP contribution is 2.36. The Hall–Kier alpha value is 0.0869. The Bertz CT molecular complexity index is 469. The third-order valence-corrected chi connectivity index (χ3v) is 10.8. The number of hydrogen-bond donors (Lipinski definition) is 0. The molecule has 0 spiro atoms. The lowest BCUT2D eigenvalue weighted by atomic mass is 9.95. The summed E-state index contributed by atoms with van der Waals surface area (Å²) < 4.78 is 34.9. The predicted molar refractivity (Wildman–Crippen MR) is 115 cm³/mol. The summed E-state index contributed by atoms with van der Waals surface area (Å²) in [5, 5.41) is 0.157. The van der Waals surface area contributed by atoms with Gasteiger partial charge in [0.25, 0.3) is 10.1 Å². The van der Waals surface area contributed by atoms with Crippen molar-refractivity contribution >= 4 is 18.4 Å². The molecule has 0 radical (unpaired) electrons. The van der Waals surface area contributed by atoms with Crippen LogP contribution in [0.15, 0.2) is 0 Å². The minimum atomic E-state index is -3.45. The Balaban J connectivity index is 4.52. The molecule has 4 nitrogen and oxygen atoms in total. The first-order valence-electron chi connectivity index (χ1n) is 10.3. The van der Waals surface area contributed by atoms with E-state index in [0.717, 1.165) is 19.1 Å². The Morgan fingerprint density at radius 2 is 1.50 bits per heavy atom. The van der Waals surface area contributed by atoms with Crippen molar-refractivity contribution in [1.29, 1.82) is 0 Å². The van der Waals surface area contributed by atoms with Gasteiger partial charge in [-0.15, -0.1) is 0 Å². The zero-order valence-corrected chi connectivity index (χ0v) is 20.4. The first-order valence-corrected chi connectivity index (χ1v) is 15.0. The molecule has 0 bridgehead atoms. The van der Waals surface area contributed by atoms with E-state index >= 15 is 0 Å². The molecule has 0 aromatic rings. The highest BCUT2D eigenvalue weighted by atomic mass is 32.2. The number of unbranched alkanes of at least 4 members (excludes halogenated alkanes) is 5. The molecule has 0 aromatic carbocycles. The fourth-order valence-electron chi connectivity index (χ4n) is 2.73. The topological polar surface area (TPSA) is 52.6 Å². The normalized spacial score (nSPS) is 15.8. The lowest BCUT2D eigenvalue weighted by Gasteiger charge is -2.36. The molecule has 0 aromatic heterocycles. The smallest absolute Gasteiger partial charge is 0.264 e. The van der Waals surface area contributed by atoms with Crippen LogP contribution in [0.4, 0.5) is 0 Å². The molecule has 0 N–H and O–H groups in total. The molecular weight excluding hydrogens is 364 g/mol. The van der Waals surface area contributed by atoms with Crippen LogP contribution < -0.4 is 0 Å². The molecular formula is C20H44O4SSi. The van der Waals surface area contributed by atoms with E-state index in [1.807, 2.05) is 0 Å². The fraction of sp³-hybridized carbons (Fsp3) is 1.00. The van der Waals surface area contributed by atoms with Gasteiger partial charge in [0.15, 0.2) is 8.32 Å². The lowest BCUT2D eigenvalue weighted by Crippen LogP contribution is -2.41. The molecule has 0 amide bonds. The highest BCUT2D eigenvalue weighted by Gasteiger charge is 2.37. The maximum atomic E-state index is 11.7. The summed E-state index contributed by atoms with van der Waals surface area (Å²) in [5.74, 6) is 0.221. The van der Waals surface area contributed by atoms with Gasteiger partial charge in [0, 0.05) is 6.61 Å². The third kappa shape index (κ3) is 11.7. The van der Waals surface area contributed by atoms with Gasteiger partial charge in [-0.3, -0.25) is 4.18 Å². The van der Waals surface area contributed by atoms with Crippen molar-refractivity contribution in [2.24, 2.45) is 5.92 Å². The van der Waals surface area contributed by atoms with Crippen molar-refractivity contribution in [2.75, 3.05) is 12.9 Å². The first kappa shape index (κ1) is 26.1. The standard InChI is InChI=1S/C20H44O4SSi/c1-9-10-11-12-13-14-15-18(2)19(24-25(6,21)22)16-17-23-26(7,8)20(3,4)5/h18-19H,9-17H2,1-8H3. The molecule has 0 aliphatic heterocycles. The van der Waals surface area contributed by atoms with Crippen LogP contribution in [0.3, 0.4) is 0 Å². The minimum Gasteiger partial charge on any atom is -0.417 e. The summed E-state index contributed by atoms with van der Waals surface area (Å²) in [6, 6.07) is 0. The van der Waals surface area contributed by atoms with Gasteiger partial charge in [-0.2, -0.15) is 8.42 Å². The number of rotatable bonds is 14. The summed E-state index contributed by atoms with van der Waals surface area (Å²) >= 11 is 0. The van der Waals surface area contributed by atoms with Crippen LogP contribution in [0.2, 0.25) is 18.1 Å². The zero-order chi connectivity index (χ0) is 20.4. The maximum Gasteiger partial charge on any atom is 0.264 e. The van der Waals surface area contributed by atoms with Crippen molar-refractivity contribution in [3.05, 3.63) is 0 Å². The van der Waals surface area contributed by atoms with Crippen molar-refractivity contribution < 1.29 is 17.0 Å². The van der Waals surface area contributed by atoms with Crippen LogP contribution in [-0.4, -0.2) is 35.7 Å². The van der Waals surface area contributed by atoms with E-state index in [2.05, 4.69) is 47.7 Å². The molecule has 0 saturated carbocycles. The maximum absolute atomic E-state index is 11.7. The van der Waals surface area contributed by atoms with E-state index in [4.69, 9.17) is 8.61 Å². The molecule has 0 aliphatic rings. The Morgan fingerprint density at radius 3 is 2.00 bits per heavy atom. The summed E-state index contributed by atoms with van der Waals surface area (Å²) in [7, 11) is -5.26. The minimum absolute atomic E-state index is 0.157. The fourth-order valence-corrected chi connectivity index (χ4v) is 4.53. The van der Waals surface area contributed by atoms with Gasteiger partial charge in [-0.1, -0.05) is 73.1 Å². The summed E-state index contributed by atoms with van der Waals surface area (Å²) in [6.07, 6.45) is 9.99. The molecule has 0 heterocycles. The predicted octanol–water partition coefficient (Wildman–Crippen LogP) is 6.13. The van der Waals surface area contributed by atoms with Gasteiger partial charge in [0.05, 0.1) is 12.4 Å². The highest BCUT2D eigenvalue weighted by molar-refractivity contribution is 7.86. The van der Waals surface area contributed by atoms with E-state index in [0.29, 0.717) is 13.0 Å². The average Bonchev–Trinajstić information content (AvgIpc) is 2.47. The summed E-state index contributed by atoms with van der Waals surface area (Å²) in [6.45, 7) is 16.0. The van der Waals surface area contributed by atoms with Crippen molar-refractivity contribution in [1.82, 2.24) is 0 Å². The zero-order valence-electron chi connectivity index (χ0n) is 18.6. The molecule has 0 aliphatic carbocycles. The second-order valence-electron chi connectivity index (χ2n) is 9.27. The van der Waals surface area contributed by atoms with Crippen molar-refractivity contribution in [3.8, 4) is 0 Å². The Morgan fingerprint density at radius 1 is 0.962 bits per heavy atom. The van der Waals surface area contributed by atoms with E-state index < -0.39 is 18.4 Å². The van der Waals surface area contributed by atoms with E-state index in [1.54, 1.807) is 0 Å². The van der Waals surface area contributed by atoms with Gasteiger partial charge in [0.1, 0.15) is 0 Å². The van der Waals surface area contributed by atoms with E-state index in [9.17, 15) is 8.42 Å². The lowest BCUT2D eigenvalue weighted by molar-refractivity contribution is 0.111. The summed E-state index contributed by atoms with van der Waals surface area (Å²) in [4.78, 5) is 0. The van der Waals surface area contributed by atoms with Crippen LogP contribution >= 0.6 is 0 Å². The molecule has 158 valence electrons. The van der Waals surface area contributed by atoms with E-state index in [1.165, 1.54) is 32.1 Å².